The maximum atomic E-state index is 6.31. The first-order valence-corrected chi connectivity index (χ1v) is 7.13. The minimum atomic E-state index is -0.496. The summed E-state index contributed by atoms with van der Waals surface area (Å²) in [5.41, 5.74) is 2.37. The summed E-state index contributed by atoms with van der Waals surface area (Å²) in [5, 5.41) is 0. The molecule has 3 rings (SSSR count). The molecule has 0 N–H and O–H groups in total. The summed E-state index contributed by atoms with van der Waals surface area (Å²) in [6, 6.07) is 8.52. The molecular weight excluding hydrogens is 248 g/mol. The SMILES string of the molecule is CC1(C)OC2Cc3ccccc3C2(CCCCl)O1. The summed E-state index contributed by atoms with van der Waals surface area (Å²) in [6.07, 6.45) is 2.96. The van der Waals surface area contributed by atoms with Gasteiger partial charge in [0.25, 0.3) is 0 Å². The summed E-state index contributed by atoms with van der Waals surface area (Å²) in [7, 11) is 0. The molecule has 1 saturated heterocycles. The standard InChI is InChI=1S/C15H19ClO2/c1-14(2)17-13-10-11-6-3-4-7-12(11)15(13,18-14)8-5-9-16/h3-4,6-7,13H,5,8-10H2,1-2H3. The van der Waals surface area contributed by atoms with Crippen molar-refractivity contribution in [1.82, 2.24) is 0 Å². The van der Waals surface area contributed by atoms with E-state index in [9.17, 15) is 0 Å². The second-order valence-electron chi connectivity index (χ2n) is 5.65. The van der Waals surface area contributed by atoms with Gasteiger partial charge in [-0.05, 0) is 37.8 Å². The first kappa shape index (κ1) is 12.5. The summed E-state index contributed by atoms with van der Waals surface area (Å²) >= 11 is 5.87. The van der Waals surface area contributed by atoms with Crippen molar-refractivity contribution in [3.8, 4) is 0 Å². The zero-order chi connectivity index (χ0) is 12.8. The Labute approximate surface area is 113 Å². The monoisotopic (exact) mass is 266 g/mol. The van der Waals surface area contributed by atoms with Crippen LogP contribution in [0.2, 0.25) is 0 Å². The van der Waals surface area contributed by atoms with Crippen molar-refractivity contribution in [2.75, 3.05) is 5.88 Å². The van der Waals surface area contributed by atoms with Crippen molar-refractivity contribution in [3.63, 3.8) is 0 Å². The number of benzene rings is 1. The minimum Gasteiger partial charge on any atom is -0.344 e. The molecule has 1 heterocycles. The molecule has 2 nitrogen and oxygen atoms in total. The van der Waals surface area contributed by atoms with Crippen LogP contribution >= 0.6 is 11.6 Å². The number of fused-ring (bicyclic) bond motifs is 3. The van der Waals surface area contributed by atoms with Gasteiger partial charge in [-0.2, -0.15) is 0 Å². The molecule has 0 amide bonds. The highest BCUT2D eigenvalue weighted by Crippen LogP contribution is 2.52. The van der Waals surface area contributed by atoms with E-state index >= 15 is 0 Å². The first-order valence-electron chi connectivity index (χ1n) is 6.60. The molecule has 1 aromatic rings. The summed E-state index contributed by atoms with van der Waals surface area (Å²) in [6.45, 7) is 3.99. The second-order valence-corrected chi connectivity index (χ2v) is 6.03. The van der Waals surface area contributed by atoms with Gasteiger partial charge in [0.15, 0.2) is 5.79 Å². The number of alkyl halides is 1. The molecular formula is C15H19ClO2. The van der Waals surface area contributed by atoms with Crippen LogP contribution in [0.3, 0.4) is 0 Å². The van der Waals surface area contributed by atoms with Gasteiger partial charge in [0.2, 0.25) is 0 Å². The molecule has 98 valence electrons. The Morgan fingerprint density at radius 1 is 1.33 bits per heavy atom. The predicted octanol–water partition coefficient (Wildman–Crippen LogP) is 3.61. The van der Waals surface area contributed by atoms with Gasteiger partial charge in [-0.1, -0.05) is 24.3 Å². The van der Waals surface area contributed by atoms with Crippen LogP contribution in [0.1, 0.15) is 37.8 Å². The van der Waals surface area contributed by atoms with Gasteiger partial charge in [0, 0.05) is 12.3 Å². The van der Waals surface area contributed by atoms with E-state index in [0.29, 0.717) is 5.88 Å². The smallest absolute Gasteiger partial charge is 0.164 e. The molecule has 1 aliphatic carbocycles. The molecule has 2 aliphatic rings. The molecule has 0 bridgehead atoms. The maximum absolute atomic E-state index is 6.31. The van der Waals surface area contributed by atoms with Crippen molar-refractivity contribution in [2.24, 2.45) is 0 Å². The molecule has 1 aliphatic heterocycles. The van der Waals surface area contributed by atoms with Crippen LogP contribution in [0.4, 0.5) is 0 Å². The third-order valence-corrected chi connectivity index (χ3v) is 4.20. The van der Waals surface area contributed by atoms with Gasteiger partial charge in [0.1, 0.15) is 5.60 Å². The van der Waals surface area contributed by atoms with E-state index in [1.807, 2.05) is 13.8 Å². The van der Waals surface area contributed by atoms with E-state index in [4.69, 9.17) is 21.1 Å². The van der Waals surface area contributed by atoms with Crippen LogP contribution in [-0.4, -0.2) is 17.8 Å². The van der Waals surface area contributed by atoms with E-state index in [-0.39, 0.29) is 11.7 Å². The highest BCUT2D eigenvalue weighted by molar-refractivity contribution is 6.17. The van der Waals surface area contributed by atoms with Gasteiger partial charge < -0.3 is 9.47 Å². The summed E-state index contributed by atoms with van der Waals surface area (Å²) in [5.74, 6) is 0.172. The Bertz CT molecular complexity index is 458. The Balaban J connectivity index is 2.02. The Kier molecular flexibility index (Phi) is 2.92. The van der Waals surface area contributed by atoms with Crippen molar-refractivity contribution in [2.45, 2.75) is 50.6 Å². The molecule has 0 spiro atoms. The molecule has 0 aromatic heterocycles. The van der Waals surface area contributed by atoms with Gasteiger partial charge in [-0.25, -0.2) is 0 Å². The predicted molar refractivity (Wildman–Crippen MR) is 71.8 cm³/mol. The number of halogens is 1. The largest absolute Gasteiger partial charge is 0.344 e. The fourth-order valence-electron chi connectivity index (χ4n) is 3.39. The lowest BCUT2D eigenvalue weighted by Gasteiger charge is -2.29. The molecule has 2 atom stereocenters. The van der Waals surface area contributed by atoms with Crippen LogP contribution in [0.5, 0.6) is 0 Å². The van der Waals surface area contributed by atoms with Gasteiger partial charge >= 0.3 is 0 Å². The van der Waals surface area contributed by atoms with E-state index in [1.54, 1.807) is 0 Å². The topological polar surface area (TPSA) is 18.5 Å². The van der Waals surface area contributed by atoms with Gasteiger partial charge in [0.05, 0.1) is 6.10 Å². The highest BCUT2D eigenvalue weighted by atomic mass is 35.5. The van der Waals surface area contributed by atoms with Crippen LogP contribution in [-0.2, 0) is 21.5 Å². The lowest BCUT2D eigenvalue weighted by Crippen LogP contribution is -2.34. The molecule has 0 radical (unpaired) electrons. The zero-order valence-electron chi connectivity index (χ0n) is 10.9. The van der Waals surface area contributed by atoms with Crippen LogP contribution < -0.4 is 0 Å². The minimum absolute atomic E-state index is 0.133. The third-order valence-electron chi connectivity index (χ3n) is 3.93. The Morgan fingerprint density at radius 3 is 2.89 bits per heavy atom. The van der Waals surface area contributed by atoms with E-state index < -0.39 is 5.79 Å². The fourth-order valence-corrected chi connectivity index (χ4v) is 3.52. The highest BCUT2D eigenvalue weighted by Gasteiger charge is 2.57. The first-order chi connectivity index (χ1) is 8.57. The lowest BCUT2D eigenvalue weighted by molar-refractivity contribution is -0.168. The normalized spacial score (nSPS) is 32.3. The maximum Gasteiger partial charge on any atom is 0.164 e. The van der Waals surface area contributed by atoms with Crippen LogP contribution in [0.25, 0.3) is 0 Å². The van der Waals surface area contributed by atoms with Gasteiger partial charge in [-0.15, -0.1) is 11.6 Å². The van der Waals surface area contributed by atoms with Crippen LogP contribution in [0, 0.1) is 0 Å². The third kappa shape index (κ3) is 1.78. The van der Waals surface area contributed by atoms with Gasteiger partial charge in [-0.3, -0.25) is 0 Å². The van der Waals surface area contributed by atoms with Crippen molar-refractivity contribution >= 4 is 11.6 Å². The number of hydrogen-bond acceptors (Lipinski definition) is 2. The zero-order valence-corrected chi connectivity index (χ0v) is 11.7. The van der Waals surface area contributed by atoms with Crippen molar-refractivity contribution in [1.29, 1.82) is 0 Å². The van der Waals surface area contributed by atoms with E-state index in [2.05, 4.69) is 24.3 Å². The molecule has 1 fully saturated rings. The molecule has 3 heteroatoms. The average molecular weight is 267 g/mol. The number of ether oxygens (including phenoxy) is 2. The van der Waals surface area contributed by atoms with Crippen molar-refractivity contribution in [3.05, 3.63) is 35.4 Å². The lowest BCUT2D eigenvalue weighted by atomic mass is 9.89. The Morgan fingerprint density at radius 2 is 2.11 bits per heavy atom. The quantitative estimate of drug-likeness (QED) is 0.778. The second kappa shape index (κ2) is 4.22. The number of hydrogen-bond donors (Lipinski definition) is 0. The fraction of sp³-hybridized carbons (Fsp3) is 0.600. The summed E-state index contributed by atoms with van der Waals surface area (Å²) in [4.78, 5) is 0. The Hall–Kier alpha value is -0.570. The summed E-state index contributed by atoms with van der Waals surface area (Å²) < 4.78 is 12.4. The molecule has 18 heavy (non-hydrogen) atoms. The number of rotatable bonds is 3. The molecule has 1 aromatic carbocycles. The molecule has 2 unspecified atom stereocenters. The van der Waals surface area contributed by atoms with E-state index in [0.717, 1.165) is 19.3 Å². The van der Waals surface area contributed by atoms with Crippen molar-refractivity contribution < 1.29 is 9.47 Å². The molecule has 0 saturated carbocycles. The van der Waals surface area contributed by atoms with Crippen LogP contribution in [0.15, 0.2) is 24.3 Å². The average Bonchev–Trinajstić information content (AvgIpc) is 2.74. The van der Waals surface area contributed by atoms with E-state index in [1.165, 1.54) is 11.1 Å².